The van der Waals surface area contributed by atoms with E-state index in [0.29, 0.717) is 11.3 Å². The van der Waals surface area contributed by atoms with Gasteiger partial charge < -0.3 is 11.1 Å². The van der Waals surface area contributed by atoms with Crippen molar-refractivity contribution in [3.63, 3.8) is 0 Å². The Kier molecular flexibility index (Phi) is 4.01. The Labute approximate surface area is 128 Å². The van der Waals surface area contributed by atoms with Gasteiger partial charge in [0.05, 0.1) is 5.69 Å². The quantitative estimate of drug-likeness (QED) is 0.556. The summed E-state index contributed by atoms with van der Waals surface area (Å²) >= 11 is 0. The van der Waals surface area contributed by atoms with Gasteiger partial charge in [-0.05, 0) is 17.5 Å². The van der Waals surface area contributed by atoms with E-state index < -0.39 is 6.67 Å². The second-order valence-corrected chi connectivity index (χ2v) is 4.91. The van der Waals surface area contributed by atoms with Gasteiger partial charge in [-0.15, -0.1) is 0 Å². The lowest BCUT2D eigenvalue weighted by Gasteiger charge is -2.09. The molecule has 0 radical (unpaired) electrons. The molecule has 110 valence electrons. The molecule has 0 saturated heterocycles. The molecule has 0 spiro atoms. The molecule has 0 fully saturated rings. The van der Waals surface area contributed by atoms with Crippen molar-refractivity contribution in [2.45, 2.75) is 6.67 Å². The van der Waals surface area contributed by atoms with Crippen molar-refractivity contribution >= 4 is 28.1 Å². The number of rotatable bonds is 3. The third-order valence-electron chi connectivity index (χ3n) is 3.43. The first-order chi connectivity index (χ1) is 10.8. The second-order valence-electron chi connectivity index (χ2n) is 4.91. The van der Waals surface area contributed by atoms with Gasteiger partial charge in [0.1, 0.15) is 6.67 Å². The van der Waals surface area contributed by atoms with Crippen molar-refractivity contribution in [2.75, 3.05) is 5.32 Å². The van der Waals surface area contributed by atoms with Crippen molar-refractivity contribution in [1.82, 2.24) is 0 Å². The Morgan fingerprint density at radius 2 is 1.68 bits per heavy atom. The summed E-state index contributed by atoms with van der Waals surface area (Å²) in [6.07, 6.45) is 0. The van der Waals surface area contributed by atoms with Gasteiger partial charge in [0.15, 0.2) is 5.96 Å². The van der Waals surface area contributed by atoms with Gasteiger partial charge >= 0.3 is 0 Å². The highest BCUT2D eigenvalue weighted by molar-refractivity contribution is 6.03. The van der Waals surface area contributed by atoms with E-state index >= 15 is 0 Å². The predicted octanol–water partition coefficient (Wildman–Crippen LogP) is 4.37. The summed E-state index contributed by atoms with van der Waals surface area (Å²) in [6.45, 7) is -0.568. The van der Waals surface area contributed by atoms with Gasteiger partial charge in [0.25, 0.3) is 0 Å². The van der Waals surface area contributed by atoms with Gasteiger partial charge in [-0.25, -0.2) is 9.38 Å². The number of alkyl halides is 1. The number of anilines is 1. The number of nitrogens with zero attached hydrogens (tertiary/aromatic N) is 1. The topological polar surface area (TPSA) is 50.4 Å². The predicted molar refractivity (Wildman–Crippen MR) is 90.1 cm³/mol. The SMILES string of the molecule is NC(=Nc1ccccc1CF)Nc1cccc2ccccc12. The summed E-state index contributed by atoms with van der Waals surface area (Å²) < 4.78 is 12.9. The third-order valence-corrected chi connectivity index (χ3v) is 3.43. The standard InChI is InChI=1S/C18H16FN3/c19-12-14-7-2-4-10-16(14)21-18(20)22-17-11-5-8-13-6-1-3-9-15(13)17/h1-11H,12H2,(H3,20,21,22). The summed E-state index contributed by atoms with van der Waals surface area (Å²) in [5, 5.41) is 5.26. The van der Waals surface area contributed by atoms with E-state index in [4.69, 9.17) is 5.73 Å². The minimum atomic E-state index is -0.568. The van der Waals surface area contributed by atoms with Crippen LogP contribution in [0.2, 0.25) is 0 Å². The maximum atomic E-state index is 12.9. The maximum Gasteiger partial charge on any atom is 0.198 e. The molecule has 0 aromatic heterocycles. The number of guanidine groups is 1. The van der Waals surface area contributed by atoms with Crippen molar-refractivity contribution in [2.24, 2.45) is 10.7 Å². The molecule has 0 aliphatic rings. The minimum absolute atomic E-state index is 0.234. The zero-order valence-corrected chi connectivity index (χ0v) is 12.0. The zero-order chi connectivity index (χ0) is 15.4. The van der Waals surface area contributed by atoms with Crippen molar-refractivity contribution in [3.8, 4) is 0 Å². The summed E-state index contributed by atoms with van der Waals surface area (Å²) in [5.74, 6) is 0.234. The van der Waals surface area contributed by atoms with Crippen LogP contribution in [0.15, 0.2) is 71.7 Å². The average molecular weight is 293 g/mol. The normalized spacial score (nSPS) is 11.6. The highest BCUT2D eigenvalue weighted by Crippen LogP contribution is 2.24. The molecule has 4 heteroatoms. The number of hydrogen-bond donors (Lipinski definition) is 2. The van der Waals surface area contributed by atoms with Crippen LogP contribution in [0.1, 0.15) is 5.56 Å². The molecule has 0 saturated carbocycles. The summed E-state index contributed by atoms with van der Waals surface area (Å²) in [4.78, 5) is 4.28. The van der Waals surface area contributed by atoms with E-state index in [1.54, 1.807) is 18.2 Å². The highest BCUT2D eigenvalue weighted by atomic mass is 19.1. The number of fused-ring (bicyclic) bond motifs is 1. The third kappa shape index (κ3) is 2.91. The zero-order valence-electron chi connectivity index (χ0n) is 12.0. The van der Waals surface area contributed by atoms with Crippen LogP contribution >= 0.6 is 0 Å². The number of halogens is 1. The van der Waals surface area contributed by atoms with Crippen LogP contribution < -0.4 is 11.1 Å². The van der Waals surface area contributed by atoms with Gasteiger partial charge in [0.2, 0.25) is 0 Å². The molecule has 0 aliphatic heterocycles. The molecule has 3 nitrogen and oxygen atoms in total. The van der Waals surface area contributed by atoms with Gasteiger partial charge in [-0.2, -0.15) is 0 Å². The molecule has 3 N–H and O–H groups in total. The van der Waals surface area contributed by atoms with E-state index in [2.05, 4.69) is 10.3 Å². The number of nitrogens with two attached hydrogens (primary N) is 1. The molecule has 0 aliphatic carbocycles. The lowest BCUT2D eigenvalue weighted by molar-refractivity contribution is 0.486. The molecule has 0 amide bonds. The van der Waals surface area contributed by atoms with Gasteiger partial charge in [-0.3, -0.25) is 0 Å². The monoisotopic (exact) mass is 293 g/mol. The first kappa shape index (κ1) is 14.1. The average Bonchev–Trinajstić information content (AvgIpc) is 2.55. The van der Waals surface area contributed by atoms with Crippen LogP contribution in [-0.4, -0.2) is 5.96 Å². The molecular formula is C18H16FN3. The van der Waals surface area contributed by atoms with E-state index in [9.17, 15) is 4.39 Å². The van der Waals surface area contributed by atoms with Crippen LogP contribution in [0.4, 0.5) is 15.8 Å². The number of para-hydroxylation sites is 1. The molecule has 0 heterocycles. The molecule has 0 bridgehead atoms. The van der Waals surface area contributed by atoms with Gasteiger partial charge in [0, 0.05) is 16.6 Å². The summed E-state index contributed by atoms with van der Waals surface area (Å²) in [7, 11) is 0. The Balaban J connectivity index is 1.93. The number of benzene rings is 3. The molecule has 3 aromatic carbocycles. The van der Waals surface area contributed by atoms with Crippen LogP contribution in [-0.2, 0) is 6.67 Å². The molecule has 3 aromatic rings. The van der Waals surface area contributed by atoms with Crippen molar-refractivity contribution < 1.29 is 4.39 Å². The molecule has 0 atom stereocenters. The van der Waals surface area contributed by atoms with Crippen LogP contribution in [0.3, 0.4) is 0 Å². The molecule has 22 heavy (non-hydrogen) atoms. The number of hydrogen-bond acceptors (Lipinski definition) is 1. The Morgan fingerprint density at radius 3 is 2.55 bits per heavy atom. The second kappa shape index (κ2) is 6.26. The smallest absolute Gasteiger partial charge is 0.198 e. The number of aliphatic imine (C=N–C) groups is 1. The summed E-state index contributed by atoms with van der Waals surface area (Å²) in [6, 6.07) is 21.0. The Hall–Kier alpha value is -2.88. The summed E-state index contributed by atoms with van der Waals surface area (Å²) in [5.41, 5.74) is 7.90. The Morgan fingerprint density at radius 1 is 0.955 bits per heavy atom. The first-order valence-corrected chi connectivity index (χ1v) is 7.01. The van der Waals surface area contributed by atoms with E-state index in [0.717, 1.165) is 16.5 Å². The van der Waals surface area contributed by atoms with Crippen LogP contribution in [0.5, 0.6) is 0 Å². The fourth-order valence-electron chi connectivity index (χ4n) is 2.36. The fraction of sp³-hybridized carbons (Fsp3) is 0.0556. The number of nitrogens with one attached hydrogen (secondary N) is 1. The first-order valence-electron chi connectivity index (χ1n) is 7.01. The molecule has 3 rings (SSSR count). The van der Waals surface area contributed by atoms with Crippen LogP contribution in [0, 0.1) is 0 Å². The van der Waals surface area contributed by atoms with Crippen molar-refractivity contribution in [1.29, 1.82) is 0 Å². The molecular weight excluding hydrogens is 277 g/mol. The van der Waals surface area contributed by atoms with E-state index in [1.807, 2.05) is 48.5 Å². The lowest BCUT2D eigenvalue weighted by Crippen LogP contribution is -2.22. The highest BCUT2D eigenvalue weighted by Gasteiger charge is 2.03. The van der Waals surface area contributed by atoms with Gasteiger partial charge in [-0.1, -0.05) is 54.6 Å². The largest absolute Gasteiger partial charge is 0.369 e. The van der Waals surface area contributed by atoms with E-state index in [1.165, 1.54) is 0 Å². The fourth-order valence-corrected chi connectivity index (χ4v) is 2.36. The minimum Gasteiger partial charge on any atom is -0.369 e. The van der Waals surface area contributed by atoms with E-state index in [-0.39, 0.29) is 5.96 Å². The van der Waals surface area contributed by atoms with Crippen LogP contribution in [0.25, 0.3) is 10.8 Å². The Bertz CT molecular complexity index is 822. The molecule has 0 unspecified atom stereocenters. The van der Waals surface area contributed by atoms with Crippen molar-refractivity contribution in [3.05, 3.63) is 72.3 Å². The maximum absolute atomic E-state index is 12.9. The lowest BCUT2D eigenvalue weighted by atomic mass is 10.1.